The van der Waals surface area contributed by atoms with Crippen molar-refractivity contribution in [1.29, 1.82) is 0 Å². The van der Waals surface area contributed by atoms with Gasteiger partial charge in [-0.15, -0.1) is 0 Å². The zero-order valence-electron chi connectivity index (χ0n) is 15.0. The zero-order valence-corrected chi connectivity index (χ0v) is 17.2. The molecule has 0 aliphatic carbocycles. The van der Waals surface area contributed by atoms with Gasteiger partial charge in [-0.25, -0.2) is 4.39 Å². The van der Waals surface area contributed by atoms with E-state index in [1.165, 1.54) is 6.07 Å². The molecule has 1 unspecified atom stereocenters. The molecule has 2 saturated heterocycles. The Morgan fingerprint density at radius 3 is 2.61 bits per heavy atom. The Bertz CT molecular complexity index is 797. The molecular weight excluding hydrogens is 484 g/mol. The maximum Gasteiger partial charge on any atom is 0.306 e. The molecule has 0 aromatic heterocycles. The van der Waals surface area contributed by atoms with Crippen molar-refractivity contribution in [3.63, 3.8) is 0 Å². The van der Waals surface area contributed by atoms with Gasteiger partial charge in [-0.3, -0.25) is 19.7 Å². The Hall–Kier alpha value is -1.95. The first-order valence-electron chi connectivity index (χ1n) is 8.96. The summed E-state index contributed by atoms with van der Waals surface area (Å²) in [5, 5.41) is 21.5. The second kappa shape index (κ2) is 8.19. The topological polar surface area (TPSA) is 110 Å². The number of hydrogen-bond acceptors (Lipinski definition) is 6. The van der Waals surface area contributed by atoms with E-state index in [0.29, 0.717) is 30.9 Å². The number of benzene rings is 1. The van der Waals surface area contributed by atoms with Crippen LogP contribution in [0.3, 0.4) is 0 Å². The number of anilines is 2. The molecule has 2 fully saturated rings. The highest BCUT2D eigenvalue weighted by molar-refractivity contribution is 14.1. The van der Waals surface area contributed by atoms with Gasteiger partial charge in [0.05, 0.1) is 40.6 Å². The number of rotatable bonds is 5. The summed E-state index contributed by atoms with van der Waals surface area (Å²) in [4.78, 5) is 35.9. The Morgan fingerprint density at radius 1 is 1.36 bits per heavy atom. The van der Waals surface area contributed by atoms with Gasteiger partial charge in [0.1, 0.15) is 11.9 Å². The number of amides is 2. The van der Waals surface area contributed by atoms with Crippen LogP contribution in [0.2, 0.25) is 0 Å². The van der Waals surface area contributed by atoms with Gasteiger partial charge in [0.25, 0.3) is 0 Å². The smallest absolute Gasteiger partial charge is 0.306 e. The van der Waals surface area contributed by atoms with Crippen LogP contribution in [0.5, 0.6) is 0 Å². The average molecular weight is 505 g/mol. The number of carboxylic acid groups (broad SMARTS) is 1. The quantitative estimate of drug-likeness (QED) is 0.317. The molecule has 0 spiro atoms. The second-order valence-electron chi connectivity index (χ2n) is 7.20. The highest BCUT2D eigenvalue weighted by Crippen LogP contribution is 2.33. The fourth-order valence-corrected chi connectivity index (χ4v) is 4.42. The summed E-state index contributed by atoms with van der Waals surface area (Å²) in [6.45, 7) is 0.697. The van der Waals surface area contributed by atoms with Gasteiger partial charge in [-0.1, -0.05) is 0 Å². The highest BCUT2D eigenvalue weighted by Gasteiger charge is 2.35. The maximum absolute atomic E-state index is 14.7. The lowest BCUT2D eigenvalue weighted by Gasteiger charge is -2.38. The summed E-state index contributed by atoms with van der Waals surface area (Å²) in [6.07, 6.45) is 0.775. The summed E-state index contributed by atoms with van der Waals surface area (Å²) >= 11 is 1.94. The number of piperidine rings is 2. The number of aliphatic hydroxyl groups is 1. The van der Waals surface area contributed by atoms with Crippen LogP contribution in [0, 0.1) is 5.82 Å². The number of carbonyl (C=O) groups is 3. The third-order valence-electron chi connectivity index (χ3n) is 5.18. The summed E-state index contributed by atoms with van der Waals surface area (Å²) in [5.41, 5.74) is -0.381. The first kappa shape index (κ1) is 20.8. The van der Waals surface area contributed by atoms with Crippen molar-refractivity contribution in [1.82, 2.24) is 5.32 Å². The Kier molecular flexibility index (Phi) is 6.08. The molecule has 1 atom stereocenters. The predicted molar refractivity (Wildman–Crippen MR) is 108 cm³/mol. The Morgan fingerprint density at radius 2 is 2.04 bits per heavy atom. The molecule has 0 radical (unpaired) electrons. The third-order valence-corrected chi connectivity index (χ3v) is 6.41. The molecule has 2 heterocycles. The van der Waals surface area contributed by atoms with Gasteiger partial charge in [0, 0.05) is 31.3 Å². The molecule has 2 aliphatic heterocycles. The normalized spacial score (nSPS) is 22.0. The van der Waals surface area contributed by atoms with Crippen molar-refractivity contribution >= 4 is 52.0 Å². The number of imide groups is 1. The minimum absolute atomic E-state index is 0.240. The fourth-order valence-electron chi connectivity index (χ4n) is 3.59. The van der Waals surface area contributed by atoms with Crippen LogP contribution >= 0.6 is 22.9 Å². The van der Waals surface area contributed by atoms with Crippen molar-refractivity contribution in [3.05, 3.63) is 24.0 Å². The van der Waals surface area contributed by atoms with E-state index in [-0.39, 0.29) is 31.6 Å². The van der Waals surface area contributed by atoms with Crippen molar-refractivity contribution in [3.8, 4) is 0 Å². The van der Waals surface area contributed by atoms with Crippen LogP contribution in [0.4, 0.5) is 15.8 Å². The van der Waals surface area contributed by atoms with Crippen LogP contribution in [0.15, 0.2) is 18.2 Å². The molecule has 10 heteroatoms. The van der Waals surface area contributed by atoms with Crippen molar-refractivity contribution in [2.45, 2.75) is 43.7 Å². The van der Waals surface area contributed by atoms with Crippen LogP contribution in [0.1, 0.15) is 32.1 Å². The lowest BCUT2D eigenvalue weighted by atomic mass is 9.88. The molecule has 0 saturated carbocycles. The van der Waals surface area contributed by atoms with E-state index in [9.17, 15) is 23.9 Å². The lowest BCUT2D eigenvalue weighted by Crippen LogP contribution is -2.49. The monoisotopic (exact) mass is 505 g/mol. The molecule has 3 rings (SSSR count). The van der Waals surface area contributed by atoms with E-state index in [0.717, 1.165) is 0 Å². The SMILES string of the molecule is O=C(O)CC1(O)CCN(c2ccc(N(I)C3CCC(=O)NC3=O)cc2F)CC1. The third kappa shape index (κ3) is 4.54. The first-order valence-corrected chi connectivity index (χ1v) is 9.92. The molecule has 3 N–H and O–H groups in total. The molecule has 28 heavy (non-hydrogen) atoms. The number of halogens is 2. The zero-order chi connectivity index (χ0) is 20.5. The number of carbonyl (C=O) groups excluding carboxylic acids is 2. The van der Waals surface area contributed by atoms with Gasteiger partial charge in [-0.05, 0) is 31.4 Å². The van der Waals surface area contributed by atoms with Gasteiger partial charge < -0.3 is 18.2 Å². The molecule has 8 nitrogen and oxygen atoms in total. The van der Waals surface area contributed by atoms with Gasteiger partial charge in [0.2, 0.25) is 11.8 Å². The largest absolute Gasteiger partial charge is 0.481 e. The van der Waals surface area contributed by atoms with Crippen LogP contribution in [-0.2, 0) is 14.4 Å². The Balaban J connectivity index is 1.69. The van der Waals surface area contributed by atoms with E-state index in [2.05, 4.69) is 5.32 Å². The Labute approximate surface area is 175 Å². The summed E-state index contributed by atoms with van der Waals surface area (Å²) in [7, 11) is 0. The summed E-state index contributed by atoms with van der Waals surface area (Å²) < 4.78 is 16.4. The van der Waals surface area contributed by atoms with Crippen LogP contribution in [-0.4, -0.2) is 52.7 Å². The molecule has 0 bridgehead atoms. The minimum Gasteiger partial charge on any atom is -0.481 e. The predicted octanol–water partition coefficient (Wildman–Crippen LogP) is 1.59. The molecular formula is C18H21FIN3O5. The minimum atomic E-state index is -1.26. The average Bonchev–Trinajstić information content (AvgIpc) is 2.61. The number of carboxylic acids is 1. The van der Waals surface area contributed by atoms with Crippen LogP contribution in [0.25, 0.3) is 0 Å². The highest BCUT2D eigenvalue weighted by atomic mass is 127. The molecule has 2 aliphatic rings. The second-order valence-corrected chi connectivity index (χ2v) is 8.24. The number of hydrogen-bond donors (Lipinski definition) is 3. The molecule has 1 aromatic rings. The van der Waals surface area contributed by atoms with Crippen molar-refractivity contribution in [2.75, 3.05) is 21.1 Å². The van der Waals surface area contributed by atoms with Gasteiger partial charge in [-0.2, -0.15) is 0 Å². The van der Waals surface area contributed by atoms with E-state index >= 15 is 0 Å². The standard InChI is InChI=1S/C18H21FIN3O5/c19-12-9-11(23(20)14-3-4-15(24)21-17(14)27)1-2-13(12)22-7-5-18(28,6-8-22)10-16(25)26/h1-2,9,14,28H,3-8,10H2,(H,25,26)(H,21,24,27). The van der Waals surface area contributed by atoms with Crippen molar-refractivity contribution in [2.24, 2.45) is 0 Å². The van der Waals surface area contributed by atoms with Crippen LogP contribution < -0.4 is 13.3 Å². The van der Waals surface area contributed by atoms with E-state index in [1.807, 2.05) is 22.9 Å². The van der Waals surface area contributed by atoms with Gasteiger partial charge >= 0.3 is 5.97 Å². The number of aliphatic carboxylic acids is 1. The number of nitrogens with zero attached hydrogens (tertiary/aromatic N) is 2. The van der Waals surface area contributed by atoms with E-state index in [1.54, 1.807) is 20.1 Å². The summed E-state index contributed by atoms with van der Waals surface area (Å²) in [6, 6.07) is 4.10. The molecule has 152 valence electrons. The first-order chi connectivity index (χ1) is 13.2. The van der Waals surface area contributed by atoms with Gasteiger partial charge in [0.15, 0.2) is 0 Å². The van der Waals surface area contributed by atoms with E-state index in [4.69, 9.17) is 5.11 Å². The van der Waals surface area contributed by atoms with E-state index < -0.39 is 29.3 Å². The fraction of sp³-hybridized carbons (Fsp3) is 0.500. The number of nitrogens with one attached hydrogen (secondary N) is 1. The summed E-state index contributed by atoms with van der Waals surface area (Å²) in [5.74, 6) is -2.22. The van der Waals surface area contributed by atoms with Crippen molar-refractivity contribution < 1.29 is 29.0 Å². The lowest BCUT2D eigenvalue weighted by molar-refractivity contribution is -0.143. The molecule has 1 aromatic carbocycles. The molecule has 2 amide bonds. The maximum atomic E-state index is 14.7.